The molecule has 0 radical (unpaired) electrons. The number of hydrogen-bond acceptors (Lipinski definition) is 8. The van der Waals surface area contributed by atoms with Crippen LogP contribution in [0.15, 0.2) is 23.5 Å². The maximum atomic E-state index is 12.6. The Labute approximate surface area is 171 Å². The van der Waals surface area contributed by atoms with E-state index in [9.17, 15) is 27.2 Å². The van der Waals surface area contributed by atoms with Gasteiger partial charge in [0.2, 0.25) is 0 Å². The molecule has 0 aromatic rings. The molecule has 0 aliphatic heterocycles. The molecule has 0 saturated carbocycles. The molecule has 0 saturated heterocycles. The van der Waals surface area contributed by atoms with Gasteiger partial charge in [-0.2, -0.15) is 0 Å². The summed E-state index contributed by atoms with van der Waals surface area (Å²) in [5.41, 5.74) is -3.39. The lowest BCUT2D eigenvalue weighted by molar-refractivity contribution is -0.139. The zero-order valence-corrected chi connectivity index (χ0v) is 16.7. The van der Waals surface area contributed by atoms with Gasteiger partial charge in [0.1, 0.15) is 22.6 Å². The number of hydrogen-bond donors (Lipinski definition) is 4. The van der Waals surface area contributed by atoms with Gasteiger partial charge in [-0.05, 0) is 25.7 Å². The van der Waals surface area contributed by atoms with Crippen molar-refractivity contribution in [3.8, 4) is 0 Å². The second-order valence-electron chi connectivity index (χ2n) is 5.81. The Morgan fingerprint density at radius 1 is 0.767 bits per heavy atom. The van der Waals surface area contributed by atoms with Gasteiger partial charge in [0.05, 0.1) is 13.2 Å². The van der Waals surface area contributed by atoms with Crippen LogP contribution in [0.3, 0.4) is 0 Å². The van der Waals surface area contributed by atoms with Gasteiger partial charge < -0.3 is 20.1 Å². The maximum absolute atomic E-state index is 12.6. The molecule has 0 aliphatic rings. The van der Waals surface area contributed by atoms with Gasteiger partial charge in [-0.15, -0.1) is 0 Å². The monoisotopic (exact) mass is 438 g/mol. The molecule has 0 amide bonds. The smallest absolute Gasteiger partial charge is 0.341 e. The van der Waals surface area contributed by atoms with Crippen LogP contribution >= 0.6 is 0 Å². The molecule has 0 aromatic carbocycles. The van der Waals surface area contributed by atoms with Crippen molar-refractivity contribution in [2.75, 3.05) is 27.3 Å². The number of unbranched alkanes of at least 4 members (excludes halogenated alkanes) is 3. The van der Waals surface area contributed by atoms with Gasteiger partial charge in [0.25, 0.3) is 12.9 Å². The van der Waals surface area contributed by atoms with Gasteiger partial charge in [-0.1, -0.05) is 0 Å². The van der Waals surface area contributed by atoms with E-state index in [1.54, 1.807) is 0 Å². The Kier molecular flexibility index (Phi) is 13.5. The molecule has 0 aliphatic carbocycles. The third-order valence-corrected chi connectivity index (χ3v) is 3.54. The van der Waals surface area contributed by atoms with E-state index < -0.39 is 47.4 Å². The number of rotatable bonds is 15. The number of esters is 2. The number of halogens is 4. The molecule has 0 spiro atoms. The fourth-order valence-corrected chi connectivity index (χ4v) is 2.06. The van der Waals surface area contributed by atoms with Crippen LogP contribution in [-0.4, -0.2) is 63.5 Å². The zero-order valence-electron chi connectivity index (χ0n) is 16.7. The lowest BCUT2D eigenvalue weighted by atomic mass is 10.1. The third-order valence-electron chi connectivity index (χ3n) is 3.54. The fraction of sp³-hybridized carbons (Fsp3) is 0.556. The van der Waals surface area contributed by atoms with E-state index in [1.807, 2.05) is 0 Å². The van der Waals surface area contributed by atoms with E-state index in [0.717, 1.165) is 12.4 Å². The van der Waals surface area contributed by atoms with Crippen molar-refractivity contribution in [3.05, 3.63) is 23.5 Å². The van der Waals surface area contributed by atoms with E-state index >= 15 is 0 Å². The molecule has 8 nitrogen and oxygen atoms in total. The van der Waals surface area contributed by atoms with Crippen LogP contribution in [0.2, 0.25) is 0 Å². The molecule has 0 unspecified atom stereocenters. The van der Waals surface area contributed by atoms with Gasteiger partial charge >= 0.3 is 11.9 Å². The lowest BCUT2D eigenvalue weighted by Crippen LogP contribution is -2.23. The average molecular weight is 438 g/mol. The highest BCUT2D eigenvalue weighted by Crippen LogP contribution is 2.10. The van der Waals surface area contributed by atoms with Crippen molar-refractivity contribution in [3.63, 3.8) is 0 Å². The first kappa shape index (κ1) is 27.1. The molecule has 0 atom stereocenters. The first-order chi connectivity index (χ1) is 14.2. The molecule has 0 rings (SSSR count). The van der Waals surface area contributed by atoms with Gasteiger partial charge in [0, 0.05) is 26.5 Å². The minimum atomic E-state index is -3.10. The standard InChI is InChI=1S/C18H26F4N4O4/c1-25-9-11(13(23)15(19)20)17(27)29-7-5-3-4-6-8-30-18(28)12(10-26-2)14(24)16(21)22/h9-10,15-16,23-26H,3-8H2,1-2H3/b11-9+,12-10+,23-13?,24-14?. The van der Waals surface area contributed by atoms with Crippen molar-refractivity contribution in [1.29, 1.82) is 10.8 Å². The Bertz CT molecular complexity index is 611. The van der Waals surface area contributed by atoms with Crippen LogP contribution in [0, 0.1) is 10.8 Å². The first-order valence-corrected chi connectivity index (χ1v) is 9.00. The fourth-order valence-electron chi connectivity index (χ4n) is 2.06. The van der Waals surface area contributed by atoms with Crippen LogP contribution in [-0.2, 0) is 19.1 Å². The van der Waals surface area contributed by atoms with Gasteiger partial charge in [-0.3, -0.25) is 10.8 Å². The van der Waals surface area contributed by atoms with E-state index in [0.29, 0.717) is 25.7 Å². The van der Waals surface area contributed by atoms with E-state index in [2.05, 4.69) is 10.6 Å². The molecule has 0 fully saturated rings. The number of nitrogens with one attached hydrogen (secondary N) is 4. The molecule has 0 heterocycles. The molecular weight excluding hydrogens is 412 g/mol. The van der Waals surface area contributed by atoms with Crippen LogP contribution in [0.1, 0.15) is 25.7 Å². The second kappa shape index (κ2) is 15.0. The minimum Gasteiger partial charge on any atom is -0.462 e. The Morgan fingerprint density at radius 2 is 1.10 bits per heavy atom. The predicted molar refractivity (Wildman–Crippen MR) is 102 cm³/mol. The van der Waals surface area contributed by atoms with Crippen molar-refractivity contribution in [1.82, 2.24) is 10.6 Å². The lowest BCUT2D eigenvalue weighted by Gasteiger charge is -2.10. The molecular formula is C18H26F4N4O4. The van der Waals surface area contributed by atoms with Crippen molar-refractivity contribution >= 4 is 23.4 Å². The van der Waals surface area contributed by atoms with Crippen molar-refractivity contribution in [2.24, 2.45) is 0 Å². The number of carbonyl (C=O) groups is 2. The van der Waals surface area contributed by atoms with E-state index in [1.165, 1.54) is 14.1 Å². The molecule has 12 heteroatoms. The number of carbonyl (C=O) groups excluding carboxylic acids is 2. The van der Waals surface area contributed by atoms with Crippen LogP contribution < -0.4 is 10.6 Å². The first-order valence-electron chi connectivity index (χ1n) is 9.00. The van der Waals surface area contributed by atoms with Crippen molar-refractivity contribution in [2.45, 2.75) is 38.5 Å². The van der Waals surface area contributed by atoms with Crippen LogP contribution in [0.5, 0.6) is 0 Å². The average Bonchev–Trinajstić information content (AvgIpc) is 2.70. The normalized spacial score (nSPS) is 12.0. The molecule has 0 bridgehead atoms. The van der Waals surface area contributed by atoms with Gasteiger partial charge in [0.15, 0.2) is 0 Å². The maximum Gasteiger partial charge on any atom is 0.341 e. The largest absolute Gasteiger partial charge is 0.462 e. The third kappa shape index (κ3) is 10.0. The Morgan fingerprint density at radius 3 is 1.37 bits per heavy atom. The molecule has 0 aromatic heterocycles. The summed E-state index contributed by atoms with van der Waals surface area (Å²) in [7, 11) is 2.79. The van der Waals surface area contributed by atoms with E-state index in [-0.39, 0.29) is 13.2 Å². The Balaban J connectivity index is 4.18. The predicted octanol–water partition coefficient (Wildman–Crippen LogP) is 2.41. The summed E-state index contributed by atoms with van der Waals surface area (Å²) < 4.78 is 60.0. The summed E-state index contributed by atoms with van der Waals surface area (Å²) in [6.07, 6.45) is -2.32. The number of alkyl halides is 4. The SMILES string of the molecule is CN/C=C(\C(=N)C(F)F)C(=O)OCCCCCCOC(=O)/C(=C/NC)C(=N)C(F)F. The number of ether oxygens (including phenoxy) is 2. The van der Waals surface area contributed by atoms with E-state index in [4.69, 9.17) is 20.3 Å². The highest BCUT2D eigenvalue weighted by atomic mass is 19.3. The zero-order chi connectivity index (χ0) is 23.1. The van der Waals surface area contributed by atoms with Crippen LogP contribution in [0.4, 0.5) is 17.6 Å². The summed E-state index contributed by atoms with van der Waals surface area (Å²) in [6.45, 7) is -0.0897. The molecule has 4 N–H and O–H groups in total. The Hall–Kier alpha value is -2.92. The summed E-state index contributed by atoms with van der Waals surface area (Å²) >= 11 is 0. The summed E-state index contributed by atoms with van der Waals surface area (Å²) in [4.78, 5) is 23.5. The highest BCUT2D eigenvalue weighted by molar-refractivity contribution is 6.20. The second-order valence-corrected chi connectivity index (χ2v) is 5.81. The summed E-state index contributed by atoms with van der Waals surface area (Å²) in [5.74, 6) is -2.07. The summed E-state index contributed by atoms with van der Waals surface area (Å²) in [6, 6.07) is 0. The highest BCUT2D eigenvalue weighted by Gasteiger charge is 2.24. The quantitative estimate of drug-likeness (QED) is 0.102. The molecule has 30 heavy (non-hydrogen) atoms. The van der Waals surface area contributed by atoms with Crippen LogP contribution in [0.25, 0.3) is 0 Å². The van der Waals surface area contributed by atoms with Gasteiger partial charge in [-0.25, -0.2) is 27.2 Å². The molecule has 170 valence electrons. The van der Waals surface area contributed by atoms with Crippen molar-refractivity contribution < 1.29 is 36.6 Å². The minimum absolute atomic E-state index is 0.0448. The topological polar surface area (TPSA) is 124 Å². The summed E-state index contributed by atoms with van der Waals surface area (Å²) in [5, 5.41) is 19.2.